The van der Waals surface area contributed by atoms with Crippen molar-refractivity contribution in [3.63, 3.8) is 0 Å². The standard InChI is InChI=1S/C31H45NO6SSi2/c1-21(2)40(22(3)4)35-20-31-30(37-41(38-40,23(5)6)24(7)8)19-29(36-31)28-18-25-14-12-13-17-27(25)32(28)39(33,34)26-15-10-9-11-16-26/h9-18,21-24,29-31H,19-20H2,1-8H3/t29-,30+,31-/m1/s1. The molecule has 7 nitrogen and oxygen atoms in total. The number of fused-ring (bicyclic) bond motifs is 2. The molecule has 0 amide bonds. The molecule has 2 fully saturated rings. The number of hydrogen-bond acceptors (Lipinski definition) is 6. The third-order valence-electron chi connectivity index (χ3n) is 8.85. The molecule has 2 saturated heterocycles. The predicted octanol–water partition coefficient (Wildman–Crippen LogP) is 7.66. The van der Waals surface area contributed by atoms with Gasteiger partial charge in [0, 0.05) is 11.8 Å². The number of ether oxygens (including phenoxy) is 1. The minimum Gasteiger partial charge on any atom is -0.414 e. The van der Waals surface area contributed by atoms with Crippen LogP contribution in [0.1, 0.15) is 73.6 Å². The van der Waals surface area contributed by atoms with Gasteiger partial charge in [-0.1, -0.05) is 91.8 Å². The molecule has 1 aromatic heterocycles. The zero-order valence-corrected chi connectivity index (χ0v) is 28.4. The molecular formula is C31H45NO6SSi2. The van der Waals surface area contributed by atoms with Gasteiger partial charge in [-0.3, -0.25) is 0 Å². The van der Waals surface area contributed by atoms with Crippen LogP contribution in [0.2, 0.25) is 22.2 Å². The molecule has 2 aromatic carbocycles. The van der Waals surface area contributed by atoms with E-state index in [4.69, 9.17) is 17.7 Å². The molecule has 5 rings (SSSR count). The van der Waals surface area contributed by atoms with Gasteiger partial charge in [0.15, 0.2) is 0 Å². The maximum atomic E-state index is 14.1. The minimum atomic E-state index is -3.87. The Balaban J connectivity index is 1.60. The molecule has 0 N–H and O–H groups in total. The highest BCUT2D eigenvalue weighted by atomic mass is 32.2. The highest BCUT2D eigenvalue weighted by Gasteiger charge is 2.60. The van der Waals surface area contributed by atoms with Crippen molar-refractivity contribution < 1.29 is 26.1 Å². The zero-order valence-electron chi connectivity index (χ0n) is 25.5. The molecule has 0 aliphatic carbocycles. The van der Waals surface area contributed by atoms with E-state index in [1.54, 1.807) is 24.3 Å². The Kier molecular flexibility index (Phi) is 8.50. The fraction of sp³-hybridized carbons (Fsp3) is 0.548. The molecule has 0 spiro atoms. The van der Waals surface area contributed by atoms with Gasteiger partial charge >= 0.3 is 17.1 Å². The Hall–Kier alpha value is -1.80. The molecule has 0 saturated carbocycles. The van der Waals surface area contributed by atoms with Gasteiger partial charge in [0.2, 0.25) is 0 Å². The summed E-state index contributed by atoms with van der Waals surface area (Å²) in [7, 11) is -9.37. The van der Waals surface area contributed by atoms with Crippen LogP contribution in [0.4, 0.5) is 0 Å². The average Bonchev–Trinajstić information content (AvgIpc) is 3.50. The summed E-state index contributed by atoms with van der Waals surface area (Å²) < 4.78 is 57.8. The first-order chi connectivity index (χ1) is 19.3. The first kappa shape index (κ1) is 30.7. The van der Waals surface area contributed by atoms with Crippen LogP contribution in [0, 0.1) is 0 Å². The lowest BCUT2D eigenvalue weighted by atomic mass is 10.1. The predicted molar refractivity (Wildman–Crippen MR) is 167 cm³/mol. The topological polar surface area (TPSA) is 76.0 Å². The van der Waals surface area contributed by atoms with Crippen molar-refractivity contribution in [1.82, 2.24) is 3.97 Å². The van der Waals surface area contributed by atoms with Crippen molar-refractivity contribution in [2.75, 3.05) is 6.61 Å². The van der Waals surface area contributed by atoms with Gasteiger partial charge in [0.25, 0.3) is 10.0 Å². The Morgan fingerprint density at radius 3 is 1.98 bits per heavy atom. The van der Waals surface area contributed by atoms with Crippen molar-refractivity contribution in [2.45, 2.75) is 107 Å². The molecule has 224 valence electrons. The molecule has 0 bridgehead atoms. The van der Waals surface area contributed by atoms with Crippen LogP contribution in [0.5, 0.6) is 0 Å². The Labute approximate surface area is 247 Å². The first-order valence-corrected chi connectivity index (χ1v) is 20.3. The van der Waals surface area contributed by atoms with Gasteiger partial charge in [-0.2, -0.15) is 0 Å². The van der Waals surface area contributed by atoms with E-state index in [-0.39, 0.29) is 39.3 Å². The van der Waals surface area contributed by atoms with E-state index in [0.717, 1.165) is 5.39 Å². The summed E-state index contributed by atoms with van der Waals surface area (Å²) in [6, 6.07) is 18.1. The minimum absolute atomic E-state index is 0.207. The van der Waals surface area contributed by atoms with E-state index in [9.17, 15) is 8.42 Å². The Morgan fingerprint density at radius 2 is 1.37 bits per heavy atom. The first-order valence-electron chi connectivity index (χ1n) is 14.9. The molecular weight excluding hydrogens is 571 g/mol. The monoisotopic (exact) mass is 615 g/mol. The molecule has 41 heavy (non-hydrogen) atoms. The van der Waals surface area contributed by atoms with E-state index >= 15 is 0 Å². The maximum Gasteiger partial charge on any atom is 0.335 e. The van der Waals surface area contributed by atoms with E-state index in [0.29, 0.717) is 24.2 Å². The van der Waals surface area contributed by atoms with Gasteiger partial charge in [-0.15, -0.1) is 0 Å². The van der Waals surface area contributed by atoms with Crippen LogP contribution in [0.25, 0.3) is 10.9 Å². The lowest BCUT2D eigenvalue weighted by Gasteiger charge is -2.51. The lowest BCUT2D eigenvalue weighted by Crippen LogP contribution is -2.65. The van der Waals surface area contributed by atoms with Crippen LogP contribution >= 0.6 is 0 Å². The average molecular weight is 616 g/mol. The van der Waals surface area contributed by atoms with Crippen molar-refractivity contribution in [2.24, 2.45) is 0 Å². The van der Waals surface area contributed by atoms with E-state index in [2.05, 4.69) is 55.4 Å². The SMILES string of the molecule is CC(C)[Si]1(C(C)C)OC[C@H]2O[C@@H](c3cc4ccccc4n3S(=O)(=O)c3ccccc3)C[C@@H]2O[Si](C(C)C)(C(C)C)O1. The lowest BCUT2D eigenvalue weighted by molar-refractivity contribution is -0.0393. The summed E-state index contributed by atoms with van der Waals surface area (Å²) in [6.45, 7) is 18.0. The molecule has 0 radical (unpaired) electrons. The van der Waals surface area contributed by atoms with Crippen LogP contribution in [0.15, 0.2) is 65.6 Å². The molecule has 3 atom stereocenters. The third-order valence-corrected chi connectivity index (χ3v) is 20.9. The van der Waals surface area contributed by atoms with Crippen molar-refractivity contribution in [3.8, 4) is 0 Å². The smallest absolute Gasteiger partial charge is 0.335 e. The summed E-state index contributed by atoms with van der Waals surface area (Å²) in [6.07, 6.45) is -0.514. The summed E-state index contributed by atoms with van der Waals surface area (Å²) in [5, 5.41) is 0.856. The summed E-state index contributed by atoms with van der Waals surface area (Å²) >= 11 is 0. The zero-order chi connectivity index (χ0) is 29.7. The largest absolute Gasteiger partial charge is 0.414 e. The van der Waals surface area contributed by atoms with Crippen LogP contribution < -0.4 is 0 Å². The summed E-state index contributed by atoms with van der Waals surface area (Å²) in [5.41, 5.74) is 2.14. The second-order valence-corrected chi connectivity index (χ2v) is 23.4. The molecule has 0 unspecified atom stereocenters. The van der Waals surface area contributed by atoms with Crippen LogP contribution in [0.3, 0.4) is 0 Å². The summed E-state index contributed by atoms with van der Waals surface area (Å²) in [5.74, 6) is 0. The van der Waals surface area contributed by atoms with Gasteiger partial charge in [-0.05, 0) is 46.4 Å². The summed E-state index contributed by atoms with van der Waals surface area (Å²) in [4.78, 5) is 0.246. The fourth-order valence-corrected chi connectivity index (χ4v) is 19.5. The second kappa shape index (κ2) is 11.4. The van der Waals surface area contributed by atoms with Crippen molar-refractivity contribution >= 4 is 38.0 Å². The second-order valence-electron chi connectivity index (χ2n) is 12.7. The van der Waals surface area contributed by atoms with Crippen LogP contribution in [-0.4, -0.2) is 48.3 Å². The molecule has 2 aliphatic heterocycles. The molecule has 3 aromatic rings. The highest BCUT2D eigenvalue weighted by Crippen LogP contribution is 2.49. The quantitative estimate of drug-likeness (QED) is 0.254. The molecule has 10 heteroatoms. The normalized spacial score (nSPS) is 24.7. The molecule has 2 aliphatic rings. The van der Waals surface area contributed by atoms with Gasteiger partial charge in [0.1, 0.15) is 12.2 Å². The van der Waals surface area contributed by atoms with E-state index in [1.807, 2.05) is 36.4 Å². The Morgan fingerprint density at radius 1 is 0.780 bits per heavy atom. The molecule has 3 heterocycles. The van der Waals surface area contributed by atoms with Gasteiger partial charge in [-0.25, -0.2) is 12.4 Å². The number of hydrogen-bond donors (Lipinski definition) is 0. The number of rotatable bonds is 7. The van der Waals surface area contributed by atoms with Crippen molar-refractivity contribution in [3.05, 3.63) is 66.4 Å². The number of benzene rings is 2. The number of aromatic nitrogens is 1. The van der Waals surface area contributed by atoms with Crippen LogP contribution in [-0.2, 0) is 27.7 Å². The fourth-order valence-electron chi connectivity index (χ4n) is 6.68. The number of nitrogens with zero attached hydrogens (tertiary/aromatic N) is 1. The van der Waals surface area contributed by atoms with Crippen molar-refractivity contribution in [1.29, 1.82) is 0 Å². The third kappa shape index (κ3) is 5.19. The number of para-hydroxylation sites is 1. The van der Waals surface area contributed by atoms with E-state index < -0.39 is 33.2 Å². The maximum absolute atomic E-state index is 14.1. The van der Waals surface area contributed by atoms with E-state index in [1.165, 1.54) is 3.97 Å². The van der Waals surface area contributed by atoms with Gasteiger partial charge < -0.3 is 17.7 Å². The Bertz CT molecular complexity index is 1450. The highest BCUT2D eigenvalue weighted by molar-refractivity contribution is 7.90. The van der Waals surface area contributed by atoms with Gasteiger partial charge in [0.05, 0.1) is 28.8 Å².